The molecule has 5 fully saturated rings. The van der Waals surface area contributed by atoms with Crippen LogP contribution in [0.2, 0.25) is 0 Å². The Hall–Kier alpha value is -1.84. The van der Waals surface area contributed by atoms with Crippen LogP contribution < -0.4 is 5.32 Å². The van der Waals surface area contributed by atoms with E-state index in [4.69, 9.17) is 0 Å². The summed E-state index contributed by atoms with van der Waals surface area (Å²) in [6, 6.07) is 7.92. The van der Waals surface area contributed by atoms with Gasteiger partial charge in [-0.1, -0.05) is 19.3 Å². The number of carbonyl (C=O) groups excluding carboxylic acids is 2. The van der Waals surface area contributed by atoms with Crippen LogP contribution in [0.1, 0.15) is 81.0 Å². The first-order valence-corrected chi connectivity index (χ1v) is 11.7. The van der Waals surface area contributed by atoms with Crippen molar-refractivity contribution in [2.75, 3.05) is 12.4 Å². The zero-order chi connectivity index (χ0) is 20.0. The van der Waals surface area contributed by atoms with Gasteiger partial charge in [-0.25, -0.2) is 0 Å². The Bertz CT molecular complexity index is 743. The lowest BCUT2D eigenvalue weighted by atomic mass is 9.49. The summed E-state index contributed by atoms with van der Waals surface area (Å²) in [5.74, 6) is 2.61. The predicted molar refractivity (Wildman–Crippen MR) is 115 cm³/mol. The molecule has 0 aromatic heterocycles. The lowest BCUT2D eigenvalue weighted by molar-refractivity contribution is -0.140. The number of amides is 2. The molecule has 5 aliphatic carbocycles. The molecule has 5 saturated carbocycles. The third-order valence-corrected chi connectivity index (χ3v) is 8.35. The minimum Gasteiger partial charge on any atom is -0.339 e. The number of benzene rings is 1. The number of hydrogen-bond donors (Lipinski definition) is 1. The van der Waals surface area contributed by atoms with E-state index in [1.54, 1.807) is 0 Å². The summed E-state index contributed by atoms with van der Waals surface area (Å²) in [5, 5.41) is 3.19. The van der Waals surface area contributed by atoms with Gasteiger partial charge in [0.1, 0.15) is 0 Å². The highest BCUT2D eigenvalue weighted by Gasteiger charge is 2.54. The molecular weight excluding hydrogens is 360 g/mol. The van der Waals surface area contributed by atoms with Crippen LogP contribution in [-0.2, 0) is 4.79 Å². The van der Waals surface area contributed by atoms with E-state index >= 15 is 0 Å². The van der Waals surface area contributed by atoms with Gasteiger partial charge in [-0.3, -0.25) is 9.59 Å². The topological polar surface area (TPSA) is 49.4 Å². The second-order valence-electron chi connectivity index (χ2n) is 10.4. The SMILES string of the molecule is CN(C(=O)c1ccc(NC(=O)C23CC4CC(CC(C4)C2)C3)cc1)C1CCCCC1. The normalized spacial score (nSPS) is 33.5. The van der Waals surface area contributed by atoms with Gasteiger partial charge in [0.25, 0.3) is 5.91 Å². The van der Waals surface area contributed by atoms with Crippen molar-refractivity contribution in [1.82, 2.24) is 4.90 Å². The molecule has 0 atom stereocenters. The second kappa shape index (κ2) is 7.45. The van der Waals surface area contributed by atoms with Gasteiger partial charge in [0.15, 0.2) is 0 Å². The number of nitrogens with zero attached hydrogens (tertiary/aromatic N) is 1. The Kier molecular flexibility index (Phi) is 4.92. The third-order valence-electron chi connectivity index (χ3n) is 8.35. The predicted octanol–water partition coefficient (Wildman–Crippen LogP) is 5.25. The van der Waals surface area contributed by atoms with E-state index in [1.807, 2.05) is 36.2 Å². The first kappa shape index (κ1) is 19.1. The summed E-state index contributed by atoms with van der Waals surface area (Å²) >= 11 is 0. The third kappa shape index (κ3) is 3.60. The molecule has 1 aromatic rings. The fourth-order valence-corrected chi connectivity index (χ4v) is 7.19. The van der Waals surface area contributed by atoms with Gasteiger partial charge in [0.05, 0.1) is 5.41 Å². The molecule has 0 heterocycles. The highest BCUT2D eigenvalue weighted by molar-refractivity contribution is 5.97. The first-order valence-electron chi connectivity index (χ1n) is 11.7. The van der Waals surface area contributed by atoms with Crippen molar-refractivity contribution >= 4 is 17.5 Å². The summed E-state index contributed by atoms with van der Waals surface area (Å²) in [6.07, 6.45) is 13.2. The van der Waals surface area contributed by atoms with Crippen molar-refractivity contribution in [2.45, 2.75) is 76.7 Å². The summed E-state index contributed by atoms with van der Waals surface area (Å²) in [6.45, 7) is 0. The number of rotatable bonds is 4. The largest absolute Gasteiger partial charge is 0.339 e. The van der Waals surface area contributed by atoms with E-state index in [0.717, 1.165) is 55.5 Å². The molecule has 0 radical (unpaired) electrons. The number of anilines is 1. The molecule has 1 N–H and O–H groups in total. The van der Waals surface area contributed by atoms with Crippen LogP contribution in [0, 0.1) is 23.2 Å². The van der Waals surface area contributed by atoms with Crippen molar-refractivity contribution < 1.29 is 9.59 Å². The number of nitrogens with one attached hydrogen (secondary N) is 1. The van der Waals surface area contributed by atoms with Gasteiger partial charge < -0.3 is 10.2 Å². The smallest absolute Gasteiger partial charge is 0.253 e. The van der Waals surface area contributed by atoms with E-state index in [1.165, 1.54) is 38.5 Å². The highest BCUT2D eigenvalue weighted by Crippen LogP contribution is 2.60. The van der Waals surface area contributed by atoms with Crippen LogP contribution in [0.4, 0.5) is 5.69 Å². The summed E-state index contributed by atoms with van der Waals surface area (Å²) in [4.78, 5) is 28.0. The van der Waals surface area contributed by atoms with Crippen molar-refractivity contribution in [2.24, 2.45) is 23.2 Å². The average molecular weight is 395 g/mol. The molecule has 0 saturated heterocycles. The second-order valence-corrected chi connectivity index (χ2v) is 10.4. The zero-order valence-corrected chi connectivity index (χ0v) is 17.7. The van der Waals surface area contributed by atoms with Gasteiger partial charge in [0.2, 0.25) is 5.91 Å². The Morgan fingerprint density at radius 2 is 1.45 bits per heavy atom. The first-order chi connectivity index (χ1) is 14.0. The minimum atomic E-state index is -0.134. The number of hydrogen-bond acceptors (Lipinski definition) is 2. The van der Waals surface area contributed by atoms with Gasteiger partial charge in [-0.15, -0.1) is 0 Å². The Labute approximate surface area is 174 Å². The maximum Gasteiger partial charge on any atom is 0.253 e. The molecule has 0 unspecified atom stereocenters. The maximum absolute atomic E-state index is 13.2. The van der Waals surface area contributed by atoms with Crippen LogP contribution in [0.5, 0.6) is 0 Å². The van der Waals surface area contributed by atoms with Crippen molar-refractivity contribution in [3.8, 4) is 0 Å². The van der Waals surface area contributed by atoms with Crippen molar-refractivity contribution in [3.05, 3.63) is 29.8 Å². The summed E-state index contributed by atoms with van der Waals surface area (Å²) in [5.41, 5.74) is 1.40. The molecule has 0 aliphatic heterocycles. The van der Waals surface area contributed by atoms with E-state index < -0.39 is 0 Å². The molecule has 4 heteroatoms. The lowest BCUT2D eigenvalue weighted by Gasteiger charge is -2.55. The molecule has 4 bridgehead atoms. The summed E-state index contributed by atoms with van der Waals surface area (Å²) in [7, 11) is 1.93. The van der Waals surface area contributed by atoms with Crippen LogP contribution in [0.3, 0.4) is 0 Å². The lowest BCUT2D eigenvalue weighted by Crippen LogP contribution is -2.51. The molecule has 29 heavy (non-hydrogen) atoms. The molecule has 0 spiro atoms. The summed E-state index contributed by atoms with van der Waals surface area (Å²) < 4.78 is 0. The molecule has 2 amide bonds. The van der Waals surface area contributed by atoms with Crippen LogP contribution in [0.25, 0.3) is 0 Å². The Balaban J connectivity index is 1.24. The maximum atomic E-state index is 13.2. The fraction of sp³-hybridized carbons (Fsp3) is 0.680. The van der Waals surface area contributed by atoms with Crippen molar-refractivity contribution in [3.63, 3.8) is 0 Å². The van der Waals surface area contributed by atoms with Crippen LogP contribution >= 0.6 is 0 Å². The van der Waals surface area contributed by atoms with E-state index in [9.17, 15) is 9.59 Å². The van der Waals surface area contributed by atoms with Crippen LogP contribution in [-0.4, -0.2) is 29.8 Å². The van der Waals surface area contributed by atoms with Crippen LogP contribution in [0.15, 0.2) is 24.3 Å². The monoisotopic (exact) mass is 394 g/mol. The van der Waals surface area contributed by atoms with E-state index in [0.29, 0.717) is 11.6 Å². The van der Waals surface area contributed by atoms with E-state index in [-0.39, 0.29) is 17.2 Å². The van der Waals surface area contributed by atoms with Gasteiger partial charge in [-0.05, 0) is 93.4 Å². The Morgan fingerprint density at radius 1 is 0.897 bits per heavy atom. The molecule has 4 nitrogen and oxygen atoms in total. The molecule has 6 rings (SSSR count). The Morgan fingerprint density at radius 3 is 2.00 bits per heavy atom. The zero-order valence-electron chi connectivity index (χ0n) is 17.7. The standard InChI is InChI=1S/C25H34N2O2/c1-27(22-5-3-2-4-6-22)23(28)20-7-9-21(10-8-20)26-24(29)25-14-17-11-18(15-25)13-19(12-17)16-25/h7-10,17-19,22H,2-6,11-16H2,1H3,(H,26,29). The molecule has 156 valence electrons. The van der Waals surface area contributed by atoms with Gasteiger partial charge >= 0.3 is 0 Å². The van der Waals surface area contributed by atoms with Crippen molar-refractivity contribution in [1.29, 1.82) is 0 Å². The quantitative estimate of drug-likeness (QED) is 0.758. The van der Waals surface area contributed by atoms with E-state index in [2.05, 4.69) is 5.32 Å². The highest BCUT2D eigenvalue weighted by atomic mass is 16.2. The molecule has 1 aromatic carbocycles. The van der Waals surface area contributed by atoms with Gasteiger partial charge in [-0.2, -0.15) is 0 Å². The minimum absolute atomic E-state index is 0.0934. The molecule has 5 aliphatic rings. The number of carbonyl (C=O) groups is 2. The van der Waals surface area contributed by atoms with Gasteiger partial charge in [0, 0.05) is 24.3 Å². The molecular formula is C25H34N2O2. The average Bonchev–Trinajstić information content (AvgIpc) is 2.73. The fourth-order valence-electron chi connectivity index (χ4n) is 7.19.